The van der Waals surface area contributed by atoms with Gasteiger partial charge in [-0.3, -0.25) is 13.9 Å². The largest absolute Gasteiger partial charge is 0.352 e. The maximum atomic E-state index is 14.7. The van der Waals surface area contributed by atoms with Crippen molar-refractivity contribution in [2.24, 2.45) is 0 Å². The van der Waals surface area contributed by atoms with Gasteiger partial charge in [0, 0.05) is 23.5 Å². The number of anilines is 1. The van der Waals surface area contributed by atoms with Crippen molar-refractivity contribution in [3.8, 4) is 0 Å². The molecule has 0 unspecified atom stereocenters. The highest BCUT2D eigenvalue weighted by Crippen LogP contribution is 2.31. The molecule has 1 aliphatic carbocycles. The van der Waals surface area contributed by atoms with Gasteiger partial charge >= 0.3 is 0 Å². The van der Waals surface area contributed by atoms with E-state index >= 15 is 0 Å². The van der Waals surface area contributed by atoms with Crippen LogP contribution in [0.5, 0.6) is 0 Å². The van der Waals surface area contributed by atoms with Crippen molar-refractivity contribution in [2.75, 3.05) is 10.8 Å². The summed E-state index contributed by atoms with van der Waals surface area (Å²) in [6, 6.07) is 27.0. The zero-order valence-electron chi connectivity index (χ0n) is 26.6. The molecule has 0 aromatic heterocycles. The van der Waals surface area contributed by atoms with E-state index in [4.69, 9.17) is 23.2 Å². The lowest BCUT2D eigenvalue weighted by atomic mass is 9.94. The highest BCUT2D eigenvalue weighted by molar-refractivity contribution is 9.10. The van der Waals surface area contributed by atoms with E-state index in [1.807, 2.05) is 61.5 Å². The van der Waals surface area contributed by atoms with Crippen LogP contribution in [0.1, 0.15) is 48.8 Å². The number of hydrogen-bond acceptors (Lipinski definition) is 4. The molecule has 252 valence electrons. The molecule has 0 radical (unpaired) electrons. The second-order valence-corrected chi connectivity index (χ2v) is 15.7. The van der Waals surface area contributed by atoms with Crippen LogP contribution in [-0.4, -0.2) is 43.8 Å². The first-order valence-corrected chi connectivity index (χ1v) is 18.9. The predicted molar refractivity (Wildman–Crippen MR) is 196 cm³/mol. The second-order valence-electron chi connectivity index (χ2n) is 12.1. The number of amides is 2. The highest BCUT2D eigenvalue weighted by Gasteiger charge is 2.35. The lowest BCUT2D eigenvalue weighted by molar-refractivity contribution is -0.140. The van der Waals surface area contributed by atoms with Crippen LogP contribution in [0.3, 0.4) is 0 Å². The van der Waals surface area contributed by atoms with E-state index in [1.165, 1.54) is 35.2 Å². The maximum absolute atomic E-state index is 14.7. The van der Waals surface area contributed by atoms with Crippen molar-refractivity contribution in [1.82, 2.24) is 10.2 Å². The number of halogens is 3. The second kappa shape index (κ2) is 16.4. The van der Waals surface area contributed by atoms with Gasteiger partial charge in [-0.1, -0.05) is 119 Å². The van der Waals surface area contributed by atoms with Gasteiger partial charge in [-0.25, -0.2) is 8.42 Å². The summed E-state index contributed by atoms with van der Waals surface area (Å²) in [5, 5.41) is 3.62. The summed E-state index contributed by atoms with van der Waals surface area (Å²) >= 11 is 16.1. The molecule has 4 aromatic rings. The van der Waals surface area contributed by atoms with E-state index in [2.05, 4.69) is 21.2 Å². The van der Waals surface area contributed by atoms with E-state index < -0.39 is 28.5 Å². The van der Waals surface area contributed by atoms with Gasteiger partial charge in [-0.2, -0.15) is 0 Å². The summed E-state index contributed by atoms with van der Waals surface area (Å²) in [5.74, 6) is -0.812. The summed E-state index contributed by atoms with van der Waals surface area (Å²) in [7, 11) is -4.26. The molecule has 0 saturated heterocycles. The molecule has 1 aliphatic rings. The van der Waals surface area contributed by atoms with Gasteiger partial charge < -0.3 is 10.2 Å². The average Bonchev–Trinajstić information content (AvgIpc) is 3.07. The molecule has 11 heteroatoms. The van der Waals surface area contributed by atoms with Crippen molar-refractivity contribution in [1.29, 1.82) is 0 Å². The molecule has 0 aliphatic heterocycles. The number of aryl methyl sites for hydroxylation is 1. The van der Waals surface area contributed by atoms with Gasteiger partial charge in [0.1, 0.15) is 12.6 Å². The van der Waals surface area contributed by atoms with Gasteiger partial charge in [0.05, 0.1) is 20.6 Å². The molecular weight excluding hydrogens is 733 g/mol. The Bertz CT molecular complexity index is 1840. The van der Waals surface area contributed by atoms with E-state index in [9.17, 15) is 18.0 Å². The first-order chi connectivity index (χ1) is 23.0. The molecule has 1 atom stereocenters. The Hall–Kier alpha value is -3.37. The highest BCUT2D eigenvalue weighted by atomic mass is 79.9. The van der Waals surface area contributed by atoms with Crippen molar-refractivity contribution in [2.45, 2.75) is 69.0 Å². The molecule has 2 amide bonds. The number of nitrogens with zero attached hydrogens (tertiary/aromatic N) is 2. The topological polar surface area (TPSA) is 86.8 Å². The number of carbonyl (C=O) groups excluding carboxylic acids is 2. The van der Waals surface area contributed by atoms with Crippen molar-refractivity contribution in [3.63, 3.8) is 0 Å². The van der Waals surface area contributed by atoms with Gasteiger partial charge in [0.15, 0.2) is 0 Å². The Morgan fingerprint density at radius 1 is 0.854 bits per heavy atom. The fourth-order valence-corrected chi connectivity index (χ4v) is 8.08. The van der Waals surface area contributed by atoms with E-state index in [0.29, 0.717) is 0 Å². The first kappa shape index (κ1) is 35.9. The minimum absolute atomic E-state index is 0.0152. The smallest absolute Gasteiger partial charge is 0.264 e. The van der Waals surface area contributed by atoms with Crippen LogP contribution in [-0.2, 0) is 32.6 Å². The third-order valence-electron chi connectivity index (χ3n) is 8.54. The Morgan fingerprint density at radius 2 is 1.54 bits per heavy atom. The van der Waals surface area contributed by atoms with Crippen LogP contribution >= 0.6 is 39.1 Å². The Labute approximate surface area is 301 Å². The zero-order valence-corrected chi connectivity index (χ0v) is 30.5. The first-order valence-electron chi connectivity index (χ1n) is 15.9. The summed E-state index contributed by atoms with van der Waals surface area (Å²) in [5.41, 5.74) is 2.72. The van der Waals surface area contributed by atoms with Crippen LogP contribution in [0.4, 0.5) is 5.69 Å². The zero-order chi connectivity index (χ0) is 34.3. The van der Waals surface area contributed by atoms with Gasteiger partial charge in [-0.15, -0.1) is 0 Å². The van der Waals surface area contributed by atoms with E-state index in [0.717, 1.165) is 57.6 Å². The Balaban J connectivity index is 1.58. The monoisotopic (exact) mass is 769 g/mol. The number of sulfonamides is 1. The summed E-state index contributed by atoms with van der Waals surface area (Å²) in [6.07, 6.45) is 5.20. The molecule has 0 heterocycles. The average molecular weight is 772 g/mol. The number of nitrogens with one attached hydrogen (secondary N) is 1. The van der Waals surface area contributed by atoms with Crippen molar-refractivity contribution >= 4 is 66.7 Å². The SMILES string of the molecule is Cc1ccc(S(=O)(=O)N(CC(=O)N(Cc2cccc(Br)c2)[C@@H](Cc2ccccc2)C(=O)NC2CCCCC2)c2ccc(Cl)c(Cl)c2)cc1. The van der Waals surface area contributed by atoms with Crippen LogP contribution < -0.4 is 9.62 Å². The van der Waals surface area contributed by atoms with E-state index in [-0.39, 0.29) is 45.5 Å². The molecule has 1 saturated carbocycles. The van der Waals surface area contributed by atoms with Crippen molar-refractivity contribution < 1.29 is 18.0 Å². The minimum atomic E-state index is -4.26. The van der Waals surface area contributed by atoms with Crippen LogP contribution in [0.25, 0.3) is 0 Å². The molecule has 7 nitrogen and oxygen atoms in total. The normalized spacial score (nSPS) is 14.2. The number of carbonyl (C=O) groups is 2. The van der Waals surface area contributed by atoms with Gasteiger partial charge in [0.25, 0.3) is 10.0 Å². The third kappa shape index (κ3) is 9.20. The van der Waals surface area contributed by atoms with Crippen LogP contribution in [0.15, 0.2) is 106 Å². The minimum Gasteiger partial charge on any atom is -0.352 e. The Kier molecular flexibility index (Phi) is 12.2. The Morgan fingerprint density at radius 3 is 2.21 bits per heavy atom. The lowest BCUT2D eigenvalue weighted by Gasteiger charge is -2.35. The maximum Gasteiger partial charge on any atom is 0.264 e. The lowest BCUT2D eigenvalue weighted by Crippen LogP contribution is -2.55. The van der Waals surface area contributed by atoms with E-state index in [1.54, 1.807) is 12.1 Å². The predicted octanol–water partition coefficient (Wildman–Crippen LogP) is 8.35. The third-order valence-corrected chi connectivity index (χ3v) is 11.6. The molecule has 1 fully saturated rings. The number of rotatable bonds is 12. The fraction of sp³-hybridized carbons (Fsp3) is 0.297. The van der Waals surface area contributed by atoms with Crippen LogP contribution in [0, 0.1) is 6.92 Å². The van der Waals surface area contributed by atoms with Gasteiger partial charge in [-0.05, 0) is 73.4 Å². The summed E-state index contributed by atoms with van der Waals surface area (Å²) < 4.78 is 30.4. The summed E-state index contributed by atoms with van der Waals surface area (Å²) in [4.78, 5) is 30.4. The van der Waals surface area contributed by atoms with Gasteiger partial charge in [0.2, 0.25) is 11.8 Å². The molecule has 0 spiro atoms. The molecule has 1 N–H and O–H groups in total. The summed E-state index contributed by atoms with van der Waals surface area (Å²) in [6.45, 7) is 1.36. The standard InChI is InChI=1S/C37H38BrCl2N3O4S/c1-26-15-18-32(19-16-26)48(46,47)43(31-17-20-33(39)34(40)23-31)25-36(44)42(24-28-11-8-12-29(38)21-28)35(22-27-9-4-2-5-10-27)37(45)41-30-13-6-3-7-14-30/h2,4-5,8-12,15-21,23,30,35H,3,6-7,13-14,22,24-25H2,1H3,(H,41,45)/t35-/m0/s1. The molecule has 48 heavy (non-hydrogen) atoms. The molecule has 0 bridgehead atoms. The fourth-order valence-electron chi connectivity index (χ4n) is 5.94. The number of benzene rings is 4. The molecular formula is C37H38BrCl2N3O4S. The molecule has 4 aromatic carbocycles. The quantitative estimate of drug-likeness (QED) is 0.157. The molecule has 5 rings (SSSR count). The number of hydrogen-bond donors (Lipinski definition) is 1. The van der Waals surface area contributed by atoms with Crippen molar-refractivity contribution in [3.05, 3.63) is 128 Å². The van der Waals surface area contributed by atoms with Crippen LogP contribution in [0.2, 0.25) is 10.0 Å².